The molecule has 30 heavy (non-hydrogen) atoms. The average molecular weight is 458 g/mol. The Labute approximate surface area is 189 Å². The van der Waals surface area contributed by atoms with Crippen LogP contribution in [0.4, 0.5) is 0 Å². The first-order valence-corrected chi connectivity index (χ1v) is 9.39. The summed E-state index contributed by atoms with van der Waals surface area (Å²) in [5, 5.41) is 6.38. The number of hydrogen-bond donors (Lipinski definition) is 3. The minimum Gasteiger partial charge on any atom is -0.496 e. The van der Waals surface area contributed by atoms with Gasteiger partial charge < -0.3 is 30.6 Å². The van der Waals surface area contributed by atoms with Crippen LogP contribution < -0.4 is 30.6 Å². The quantitative estimate of drug-likeness (QED) is 0.590. The van der Waals surface area contributed by atoms with Crippen LogP contribution in [0.1, 0.15) is 28.8 Å². The SMILES string of the molecule is COc1ccc(C(=O)NC2CCNCC2)cc1Oc1cccc(OC)c1CN.Cl.Cl. The molecule has 1 aliphatic rings. The predicted octanol–water partition coefficient (Wildman–Crippen LogP) is 3.28. The third-order valence-corrected chi connectivity index (χ3v) is 4.83. The molecule has 1 aliphatic heterocycles. The van der Waals surface area contributed by atoms with E-state index in [1.165, 1.54) is 0 Å². The Morgan fingerprint density at radius 3 is 2.33 bits per heavy atom. The zero-order valence-corrected chi connectivity index (χ0v) is 18.7. The zero-order valence-electron chi connectivity index (χ0n) is 17.1. The van der Waals surface area contributed by atoms with Crippen LogP contribution in [0.3, 0.4) is 0 Å². The molecule has 0 unspecified atom stereocenters. The predicted molar refractivity (Wildman–Crippen MR) is 122 cm³/mol. The molecule has 4 N–H and O–H groups in total. The fourth-order valence-corrected chi connectivity index (χ4v) is 3.28. The van der Waals surface area contributed by atoms with E-state index in [1.54, 1.807) is 32.4 Å². The highest BCUT2D eigenvalue weighted by Crippen LogP contribution is 2.36. The summed E-state index contributed by atoms with van der Waals surface area (Å²) < 4.78 is 16.8. The molecule has 0 atom stereocenters. The summed E-state index contributed by atoms with van der Waals surface area (Å²) in [7, 11) is 3.15. The molecule has 0 aliphatic carbocycles. The first kappa shape index (κ1) is 25.8. The van der Waals surface area contributed by atoms with Crippen LogP contribution in [0.15, 0.2) is 36.4 Å². The Morgan fingerprint density at radius 2 is 1.70 bits per heavy atom. The van der Waals surface area contributed by atoms with Crippen molar-refractivity contribution in [2.24, 2.45) is 5.73 Å². The van der Waals surface area contributed by atoms with Crippen molar-refractivity contribution in [2.45, 2.75) is 25.4 Å². The van der Waals surface area contributed by atoms with Gasteiger partial charge in [-0.3, -0.25) is 4.79 Å². The van der Waals surface area contributed by atoms with E-state index in [0.717, 1.165) is 31.5 Å². The number of carbonyl (C=O) groups is 1. The lowest BCUT2D eigenvalue weighted by Gasteiger charge is -2.23. The largest absolute Gasteiger partial charge is 0.496 e. The van der Waals surface area contributed by atoms with Crippen LogP contribution in [-0.2, 0) is 6.54 Å². The van der Waals surface area contributed by atoms with E-state index < -0.39 is 0 Å². The van der Waals surface area contributed by atoms with Gasteiger partial charge in [0.15, 0.2) is 11.5 Å². The molecule has 9 heteroatoms. The van der Waals surface area contributed by atoms with Gasteiger partial charge in [0.2, 0.25) is 0 Å². The lowest BCUT2D eigenvalue weighted by Crippen LogP contribution is -2.42. The van der Waals surface area contributed by atoms with Crippen molar-refractivity contribution >= 4 is 30.7 Å². The number of nitrogens with two attached hydrogens (primary N) is 1. The van der Waals surface area contributed by atoms with E-state index in [2.05, 4.69) is 10.6 Å². The smallest absolute Gasteiger partial charge is 0.251 e. The summed E-state index contributed by atoms with van der Waals surface area (Å²) in [5.74, 6) is 2.08. The Hall–Kier alpha value is -2.19. The van der Waals surface area contributed by atoms with Crippen molar-refractivity contribution in [3.05, 3.63) is 47.5 Å². The van der Waals surface area contributed by atoms with Crippen LogP contribution in [-0.4, -0.2) is 39.3 Å². The molecule has 166 valence electrons. The first-order valence-electron chi connectivity index (χ1n) is 9.39. The van der Waals surface area contributed by atoms with Gasteiger partial charge >= 0.3 is 0 Å². The Bertz CT molecular complexity index is 830. The van der Waals surface area contributed by atoms with Gasteiger partial charge in [-0.15, -0.1) is 24.8 Å². The summed E-state index contributed by atoms with van der Waals surface area (Å²) >= 11 is 0. The fourth-order valence-electron chi connectivity index (χ4n) is 3.28. The number of nitrogens with one attached hydrogen (secondary N) is 2. The van der Waals surface area contributed by atoms with Crippen molar-refractivity contribution < 1.29 is 19.0 Å². The van der Waals surface area contributed by atoms with Gasteiger partial charge in [0, 0.05) is 18.2 Å². The van der Waals surface area contributed by atoms with Crippen LogP contribution in [0.2, 0.25) is 0 Å². The maximum atomic E-state index is 12.7. The van der Waals surface area contributed by atoms with Gasteiger partial charge in [-0.05, 0) is 56.3 Å². The Kier molecular flexibility index (Phi) is 10.8. The van der Waals surface area contributed by atoms with E-state index in [1.807, 2.05) is 18.2 Å². The summed E-state index contributed by atoms with van der Waals surface area (Å²) in [6, 6.07) is 10.8. The Balaban J connectivity index is 0.00000225. The second-order valence-corrected chi connectivity index (χ2v) is 6.61. The number of piperidine rings is 1. The molecule has 3 rings (SSSR count). The number of benzene rings is 2. The molecule has 1 saturated heterocycles. The molecule has 2 aromatic carbocycles. The standard InChI is InChI=1S/C21H27N3O4.2ClH/c1-26-17-4-3-5-18(16(17)13-22)28-20-12-14(6-7-19(20)27-2)21(25)24-15-8-10-23-11-9-15;;/h3-7,12,15,23H,8-11,13,22H2,1-2H3,(H,24,25);2*1H. The molecule has 7 nitrogen and oxygen atoms in total. The fraction of sp³-hybridized carbons (Fsp3) is 0.381. The summed E-state index contributed by atoms with van der Waals surface area (Å²) in [5.41, 5.74) is 7.14. The summed E-state index contributed by atoms with van der Waals surface area (Å²) in [4.78, 5) is 12.7. The van der Waals surface area contributed by atoms with Gasteiger partial charge in [-0.25, -0.2) is 0 Å². The number of amides is 1. The minimum atomic E-state index is -0.121. The van der Waals surface area contributed by atoms with Crippen molar-refractivity contribution in [1.82, 2.24) is 10.6 Å². The molecular weight excluding hydrogens is 429 g/mol. The minimum absolute atomic E-state index is 0. The normalized spacial score (nSPS) is 13.4. The Morgan fingerprint density at radius 1 is 1.03 bits per heavy atom. The summed E-state index contributed by atoms with van der Waals surface area (Å²) in [6.45, 7) is 2.09. The van der Waals surface area contributed by atoms with Crippen molar-refractivity contribution in [2.75, 3.05) is 27.3 Å². The van der Waals surface area contributed by atoms with E-state index in [0.29, 0.717) is 28.6 Å². The molecule has 0 aromatic heterocycles. The van der Waals surface area contributed by atoms with Crippen LogP contribution in [0.25, 0.3) is 0 Å². The number of rotatable bonds is 7. The number of methoxy groups -OCH3 is 2. The third-order valence-electron chi connectivity index (χ3n) is 4.83. The van der Waals surface area contributed by atoms with Gasteiger partial charge in [0.1, 0.15) is 11.5 Å². The lowest BCUT2D eigenvalue weighted by molar-refractivity contribution is 0.0929. The molecule has 0 bridgehead atoms. The molecule has 1 amide bonds. The number of halogens is 2. The van der Waals surface area contributed by atoms with E-state index in [-0.39, 0.29) is 43.3 Å². The molecular formula is C21H29Cl2N3O4. The number of hydrogen-bond acceptors (Lipinski definition) is 6. The molecule has 0 spiro atoms. The van der Waals surface area contributed by atoms with Crippen LogP contribution >= 0.6 is 24.8 Å². The highest BCUT2D eigenvalue weighted by molar-refractivity contribution is 5.95. The van der Waals surface area contributed by atoms with Gasteiger partial charge in [0.25, 0.3) is 5.91 Å². The maximum Gasteiger partial charge on any atom is 0.251 e. The molecule has 1 fully saturated rings. The second kappa shape index (κ2) is 12.5. The van der Waals surface area contributed by atoms with Crippen molar-refractivity contribution in [3.63, 3.8) is 0 Å². The topological polar surface area (TPSA) is 94.8 Å². The van der Waals surface area contributed by atoms with Crippen LogP contribution in [0, 0.1) is 0 Å². The van der Waals surface area contributed by atoms with Crippen LogP contribution in [0.5, 0.6) is 23.0 Å². The second-order valence-electron chi connectivity index (χ2n) is 6.61. The van der Waals surface area contributed by atoms with Crippen molar-refractivity contribution in [3.8, 4) is 23.0 Å². The lowest BCUT2D eigenvalue weighted by atomic mass is 10.1. The molecule has 0 saturated carbocycles. The third kappa shape index (κ3) is 6.15. The zero-order chi connectivity index (χ0) is 19.9. The molecule has 1 heterocycles. The van der Waals surface area contributed by atoms with Gasteiger partial charge in [-0.2, -0.15) is 0 Å². The van der Waals surface area contributed by atoms with Gasteiger partial charge in [-0.1, -0.05) is 6.07 Å². The highest BCUT2D eigenvalue weighted by Gasteiger charge is 2.19. The average Bonchev–Trinajstić information content (AvgIpc) is 2.74. The first-order chi connectivity index (χ1) is 13.7. The van der Waals surface area contributed by atoms with E-state index in [9.17, 15) is 4.79 Å². The van der Waals surface area contributed by atoms with Crippen molar-refractivity contribution in [1.29, 1.82) is 0 Å². The van der Waals surface area contributed by atoms with Gasteiger partial charge in [0.05, 0.1) is 19.8 Å². The van der Waals surface area contributed by atoms with E-state index >= 15 is 0 Å². The monoisotopic (exact) mass is 457 g/mol. The maximum absolute atomic E-state index is 12.7. The summed E-state index contributed by atoms with van der Waals surface area (Å²) in [6.07, 6.45) is 1.85. The number of ether oxygens (including phenoxy) is 3. The molecule has 2 aromatic rings. The highest BCUT2D eigenvalue weighted by atomic mass is 35.5. The van der Waals surface area contributed by atoms with E-state index in [4.69, 9.17) is 19.9 Å². The number of carbonyl (C=O) groups excluding carboxylic acids is 1. The molecule has 0 radical (unpaired) electrons.